The number of hydrogen-bond acceptors (Lipinski definition) is 4. The van der Waals surface area contributed by atoms with Gasteiger partial charge in [-0.1, -0.05) is 37.8 Å². The van der Waals surface area contributed by atoms with E-state index in [4.69, 9.17) is 4.74 Å². The molecular formula is C24H38N2O2. The van der Waals surface area contributed by atoms with E-state index in [2.05, 4.69) is 35.0 Å². The van der Waals surface area contributed by atoms with E-state index in [1.807, 2.05) is 6.07 Å². The van der Waals surface area contributed by atoms with Crippen molar-refractivity contribution >= 4 is 0 Å². The lowest BCUT2D eigenvalue weighted by molar-refractivity contribution is 0.0561. The average molecular weight is 387 g/mol. The second-order valence-electron chi connectivity index (χ2n) is 9.45. The number of piperidine rings is 1. The van der Waals surface area contributed by atoms with Crippen molar-refractivity contribution < 1.29 is 9.84 Å². The van der Waals surface area contributed by atoms with Crippen molar-refractivity contribution in [1.82, 2.24) is 9.80 Å². The Bertz CT molecular complexity index is 625. The summed E-state index contributed by atoms with van der Waals surface area (Å²) in [5, 5.41) is 10.4. The van der Waals surface area contributed by atoms with Gasteiger partial charge in [-0.3, -0.25) is 4.90 Å². The number of ether oxygens (including phenoxy) is 1. The quantitative estimate of drug-likeness (QED) is 0.726. The first kappa shape index (κ1) is 20.2. The van der Waals surface area contributed by atoms with Crippen molar-refractivity contribution in [3.05, 3.63) is 29.8 Å². The van der Waals surface area contributed by atoms with Crippen molar-refractivity contribution in [3.63, 3.8) is 0 Å². The fourth-order valence-corrected chi connectivity index (χ4v) is 5.31. The SMILES string of the molecule is CN(CC(O)COc1cccc(CN2CCCCC23CC3)c1)C1CCCCC1. The number of rotatable bonds is 8. The third-order valence-electron chi connectivity index (χ3n) is 7.23. The van der Waals surface area contributed by atoms with Crippen LogP contribution in [-0.4, -0.2) is 59.3 Å². The van der Waals surface area contributed by atoms with E-state index in [0.29, 0.717) is 24.7 Å². The highest BCUT2D eigenvalue weighted by Gasteiger charge is 2.48. The highest BCUT2D eigenvalue weighted by Crippen LogP contribution is 2.48. The van der Waals surface area contributed by atoms with E-state index in [0.717, 1.165) is 12.3 Å². The summed E-state index contributed by atoms with van der Waals surface area (Å²) in [5.41, 5.74) is 1.86. The zero-order chi connectivity index (χ0) is 19.4. The van der Waals surface area contributed by atoms with E-state index in [9.17, 15) is 5.11 Å². The van der Waals surface area contributed by atoms with Crippen LogP contribution in [-0.2, 0) is 6.54 Å². The molecule has 3 fully saturated rings. The molecule has 4 rings (SSSR count). The van der Waals surface area contributed by atoms with Gasteiger partial charge in [0.2, 0.25) is 0 Å². The molecule has 0 amide bonds. The smallest absolute Gasteiger partial charge is 0.119 e. The van der Waals surface area contributed by atoms with Crippen molar-refractivity contribution in [2.45, 2.75) is 88.4 Å². The Morgan fingerprint density at radius 2 is 1.96 bits per heavy atom. The van der Waals surface area contributed by atoms with Gasteiger partial charge in [0.05, 0.1) is 0 Å². The molecule has 1 aromatic rings. The van der Waals surface area contributed by atoms with Crippen molar-refractivity contribution in [1.29, 1.82) is 0 Å². The van der Waals surface area contributed by atoms with Crippen LogP contribution in [0.25, 0.3) is 0 Å². The number of likely N-dealkylation sites (tertiary alicyclic amines) is 1. The summed E-state index contributed by atoms with van der Waals surface area (Å²) in [6.45, 7) is 3.33. The monoisotopic (exact) mass is 386 g/mol. The van der Waals surface area contributed by atoms with Gasteiger partial charge in [0.1, 0.15) is 18.5 Å². The molecule has 1 spiro atoms. The summed E-state index contributed by atoms with van der Waals surface area (Å²) in [4.78, 5) is 5.03. The summed E-state index contributed by atoms with van der Waals surface area (Å²) < 4.78 is 5.96. The first-order valence-corrected chi connectivity index (χ1v) is 11.5. The fraction of sp³-hybridized carbons (Fsp3) is 0.750. The maximum Gasteiger partial charge on any atom is 0.119 e. The maximum atomic E-state index is 10.4. The molecule has 2 saturated carbocycles. The molecule has 1 atom stereocenters. The molecule has 0 aromatic heterocycles. The van der Waals surface area contributed by atoms with Crippen LogP contribution in [0.5, 0.6) is 5.75 Å². The molecule has 1 saturated heterocycles. The Morgan fingerprint density at radius 1 is 1.14 bits per heavy atom. The average Bonchev–Trinajstić information content (AvgIpc) is 3.49. The van der Waals surface area contributed by atoms with Crippen LogP contribution in [0.15, 0.2) is 24.3 Å². The molecule has 156 valence electrons. The molecule has 3 aliphatic rings. The van der Waals surface area contributed by atoms with Crippen molar-refractivity contribution in [2.75, 3.05) is 26.7 Å². The van der Waals surface area contributed by atoms with Crippen LogP contribution in [0.3, 0.4) is 0 Å². The molecule has 4 nitrogen and oxygen atoms in total. The molecule has 1 N–H and O–H groups in total. The molecule has 28 heavy (non-hydrogen) atoms. The molecular weight excluding hydrogens is 348 g/mol. The molecule has 0 radical (unpaired) electrons. The van der Waals surface area contributed by atoms with E-state index in [1.54, 1.807) is 0 Å². The van der Waals surface area contributed by atoms with Crippen molar-refractivity contribution in [2.24, 2.45) is 0 Å². The van der Waals surface area contributed by atoms with Crippen LogP contribution in [0.1, 0.15) is 69.8 Å². The number of benzene rings is 1. The zero-order valence-electron chi connectivity index (χ0n) is 17.6. The Morgan fingerprint density at radius 3 is 2.75 bits per heavy atom. The minimum atomic E-state index is -0.438. The number of hydrogen-bond donors (Lipinski definition) is 1. The lowest BCUT2D eigenvalue weighted by Gasteiger charge is -2.36. The van der Waals surface area contributed by atoms with Gasteiger partial charge in [-0.2, -0.15) is 0 Å². The van der Waals surface area contributed by atoms with Crippen LogP contribution in [0, 0.1) is 0 Å². The third kappa shape index (κ3) is 5.08. The zero-order valence-corrected chi connectivity index (χ0v) is 17.6. The first-order valence-electron chi connectivity index (χ1n) is 11.5. The lowest BCUT2D eigenvalue weighted by atomic mass is 9.94. The molecule has 2 aliphatic carbocycles. The summed E-state index contributed by atoms with van der Waals surface area (Å²) in [7, 11) is 2.15. The van der Waals surface area contributed by atoms with Crippen LogP contribution in [0.4, 0.5) is 0 Å². The molecule has 1 aromatic carbocycles. The Labute approximate surface area is 170 Å². The van der Waals surface area contributed by atoms with Gasteiger partial charge in [-0.25, -0.2) is 0 Å². The van der Waals surface area contributed by atoms with E-state index >= 15 is 0 Å². The van der Waals surface area contributed by atoms with Gasteiger partial charge in [0.15, 0.2) is 0 Å². The Hall–Kier alpha value is -1.10. The molecule has 1 aliphatic heterocycles. The van der Waals surface area contributed by atoms with Crippen molar-refractivity contribution in [3.8, 4) is 5.75 Å². The Kier molecular flexibility index (Phi) is 6.59. The summed E-state index contributed by atoms with van der Waals surface area (Å²) >= 11 is 0. The Balaban J connectivity index is 1.25. The minimum absolute atomic E-state index is 0.369. The normalized spacial score (nSPS) is 23.8. The number of likely N-dealkylation sites (N-methyl/N-ethyl adjacent to an activating group) is 1. The molecule has 1 unspecified atom stereocenters. The van der Waals surface area contributed by atoms with Crippen LogP contribution < -0.4 is 4.74 Å². The standard InChI is InChI=1S/C24H38N2O2/c1-25(21-9-3-2-4-10-21)18-22(27)19-28-23-11-7-8-20(16-23)17-26-15-6-5-12-24(26)13-14-24/h7-8,11,16,21-22,27H,2-6,9-10,12-15,17-19H2,1H3. The summed E-state index contributed by atoms with van der Waals surface area (Å²) in [5.74, 6) is 0.888. The number of nitrogens with zero attached hydrogens (tertiary/aromatic N) is 2. The molecule has 0 bridgehead atoms. The predicted octanol–water partition coefficient (Wildman–Crippen LogP) is 4.21. The molecule has 4 heteroatoms. The fourth-order valence-electron chi connectivity index (χ4n) is 5.31. The summed E-state index contributed by atoms with van der Waals surface area (Å²) in [6.07, 6.45) is 13.0. The second kappa shape index (κ2) is 9.15. The van der Waals surface area contributed by atoms with Gasteiger partial charge in [-0.15, -0.1) is 0 Å². The van der Waals surface area contributed by atoms with Gasteiger partial charge >= 0.3 is 0 Å². The largest absolute Gasteiger partial charge is 0.491 e. The van der Waals surface area contributed by atoms with Crippen LogP contribution >= 0.6 is 0 Å². The van der Waals surface area contributed by atoms with Gasteiger partial charge in [-0.05, 0) is 69.8 Å². The topological polar surface area (TPSA) is 35.9 Å². The van der Waals surface area contributed by atoms with E-state index in [-0.39, 0.29) is 0 Å². The second-order valence-corrected chi connectivity index (χ2v) is 9.45. The van der Waals surface area contributed by atoms with Crippen LogP contribution in [0.2, 0.25) is 0 Å². The van der Waals surface area contributed by atoms with Gasteiger partial charge in [0.25, 0.3) is 0 Å². The highest BCUT2D eigenvalue weighted by molar-refractivity contribution is 5.29. The number of aliphatic hydroxyl groups is 1. The van der Waals surface area contributed by atoms with E-state index in [1.165, 1.54) is 76.3 Å². The van der Waals surface area contributed by atoms with Gasteiger partial charge in [0, 0.05) is 24.7 Å². The highest BCUT2D eigenvalue weighted by atomic mass is 16.5. The number of aliphatic hydroxyl groups excluding tert-OH is 1. The minimum Gasteiger partial charge on any atom is -0.491 e. The third-order valence-corrected chi connectivity index (χ3v) is 7.23. The van der Waals surface area contributed by atoms with Gasteiger partial charge < -0.3 is 14.7 Å². The van der Waals surface area contributed by atoms with E-state index < -0.39 is 6.10 Å². The summed E-state index contributed by atoms with van der Waals surface area (Å²) in [6, 6.07) is 9.12. The lowest BCUT2D eigenvalue weighted by Crippen LogP contribution is -2.40. The predicted molar refractivity (Wildman–Crippen MR) is 114 cm³/mol. The molecule has 1 heterocycles. The maximum absolute atomic E-state index is 10.4. The first-order chi connectivity index (χ1) is 13.6.